The molecule has 1 aromatic carbocycles. The zero-order chi connectivity index (χ0) is 9.84. The largest absolute Gasteiger partial charge is 0.548 e. The van der Waals surface area contributed by atoms with Gasteiger partial charge in [-0.25, -0.2) is 0 Å². The molecule has 0 aliphatic carbocycles. The summed E-state index contributed by atoms with van der Waals surface area (Å²) in [5, 5.41) is 19.7. The second-order valence-corrected chi connectivity index (χ2v) is 2.70. The molecule has 3 N–H and O–H groups in total. The fourth-order valence-corrected chi connectivity index (χ4v) is 0.986. The Morgan fingerprint density at radius 3 is 2.38 bits per heavy atom. The Hall–Kier alpha value is -1.39. The molecule has 1 unspecified atom stereocenters. The molecule has 4 heteroatoms. The van der Waals surface area contributed by atoms with Gasteiger partial charge in [-0.3, -0.25) is 0 Å². The Morgan fingerprint density at radius 1 is 1.38 bits per heavy atom. The SMILES string of the molecule is N[C@@H](C(=O)[O-])C(O)c1ccccc1. The molecule has 1 aromatic rings. The number of carboxylic acids is 1. The van der Waals surface area contributed by atoms with E-state index in [-0.39, 0.29) is 0 Å². The second kappa shape index (κ2) is 4.02. The molecule has 0 saturated carbocycles. The molecule has 1 rings (SSSR count). The molecular weight excluding hydrogens is 170 g/mol. The number of carboxylic acid groups (broad SMARTS) is 1. The van der Waals surface area contributed by atoms with E-state index in [4.69, 9.17) is 5.73 Å². The molecule has 70 valence electrons. The first kappa shape index (κ1) is 9.70. The summed E-state index contributed by atoms with van der Waals surface area (Å²) in [6, 6.07) is 6.98. The van der Waals surface area contributed by atoms with E-state index in [1.165, 1.54) is 0 Å². The average Bonchev–Trinajstić information content (AvgIpc) is 2.17. The highest BCUT2D eigenvalue weighted by atomic mass is 16.4. The van der Waals surface area contributed by atoms with E-state index in [1.807, 2.05) is 0 Å². The number of benzene rings is 1. The number of hydrogen-bond donors (Lipinski definition) is 2. The predicted octanol–water partition coefficient (Wildman–Crippen LogP) is -1.20. The number of aliphatic hydroxyl groups excluding tert-OH is 1. The lowest BCUT2D eigenvalue weighted by Crippen LogP contribution is -2.45. The van der Waals surface area contributed by atoms with Crippen molar-refractivity contribution in [1.82, 2.24) is 0 Å². The topological polar surface area (TPSA) is 86.4 Å². The van der Waals surface area contributed by atoms with Gasteiger partial charge in [0.05, 0.1) is 18.1 Å². The summed E-state index contributed by atoms with van der Waals surface area (Å²) in [7, 11) is 0. The molecule has 0 saturated heterocycles. The maximum atomic E-state index is 10.3. The van der Waals surface area contributed by atoms with E-state index in [0.717, 1.165) is 0 Å². The normalized spacial score (nSPS) is 14.9. The van der Waals surface area contributed by atoms with Crippen molar-refractivity contribution < 1.29 is 15.0 Å². The van der Waals surface area contributed by atoms with Crippen molar-refractivity contribution in [3.05, 3.63) is 35.9 Å². The van der Waals surface area contributed by atoms with Crippen LogP contribution in [0.5, 0.6) is 0 Å². The summed E-state index contributed by atoms with van der Waals surface area (Å²) >= 11 is 0. The molecule has 0 aliphatic heterocycles. The molecule has 13 heavy (non-hydrogen) atoms. The van der Waals surface area contributed by atoms with Gasteiger partial charge in [-0.1, -0.05) is 30.3 Å². The number of rotatable bonds is 3. The van der Waals surface area contributed by atoms with Crippen molar-refractivity contribution in [1.29, 1.82) is 0 Å². The minimum absolute atomic E-state index is 0.471. The highest BCUT2D eigenvalue weighted by Crippen LogP contribution is 2.14. The quantitative estimate of drug-likeness (QED) is 0.611. The van der Waals surface area contributed by atoms with Crippen molar-refractivity contribution in [2.24, 2.45) is 5.73 Å². The Bertz CT molecular complexity index is 286. The van der Waals surface area contributed by atoms with Gasteiger partial charge >= 0.3 is 0 Å². The van der Waals surface area contributed by atoms with Crippen LogP contribution in [0.4, 0.5) is 0 Å². The highest BCUT2D eigenvalue weighted by molar-refractivity contribution is 5.72. The zero-order valence-corrected chi connectivity index (χ0v) is 6.88. The van der Waals surface area contributed by atoms with Crippen LogP contribution in [-0.4, -0.2) is 17.1 Å². The summed E-state index contributed by atoms with van der Waals surface area (Å²) in [5.74, 6) is -1.46. The van der Waals surface area contributed by atoms with Gasteiger partial charge in [-0.05, 0) is 5.56 Å². The fourth-order valence-electron chi connectivity index (χ4n) is 0.986. The molecule has 4 nitrogen and oxygen atoms in total. The smallest absolute Gasteiger partial charge is 0.0994 e. The number of aliphatic hydroxyl groups is 1. The summed E-state index contributed by atoms with van der Waals surface area (Å²) in [4.78, 5) is 10.3. The second-order valence-electron chi connectivity index (χ2n) is 2.70. The van der Waals surface area contributed by atoms with E-state index >= 15 is 0 Å². The summed E-state index contributed by atoms with van der Waals surface area (Å²) in [6.45, 7) is 0. The van der Waals surface area contributed by atoms with Crippen LogP contribution in [0.3, 0.4) is 0 Å². The van der Waals surface area contributed by atoms with Crippen LogP contribution in [0.1, 0.15) is 11.7 Å². The van der Waals surface area contributed by atoms with Gasteiger partial charge in [0.15, 0.2) is 0 Å². The monoisotopic (exact) mass is 180 g/mol. The third-order valence-electron chi connectivity index (χ3n) is 1.75. The van der Waals surface area contributed by atoms with Gasteiger partial charge in [0.2, 0.25) is 0 Å². The fraction of sp³-hybridized carbons (Fsp3) is 0.222. The van der Waals surface area contributed by atoms with Crippen LogP contribution in [0.25, 0.3) is 0 Å². The molecule has 0 aliphatic rings. The van der Waals surface area contributed by atoms with Gasteiger partial charge < -0.3 is 20.7 Å². The maximum absolute atomic E-state index is 10.3. The van der Waals surface area contributed by atoms with Crippen molar-refractivity contribution >= 4 is 5.97 Å². The molecule has 0 amide bonds. The minimum Gasteiger partial charge on any atom is -0.548 e. The van der Waals surface area contributed by atoms with Gasteiger partial charge in [0.25, 0.3) is 0 Å². The van der Waals surface area contributed by atoms with Gasteiger partial charge in [-0.2, -0.15) is 0 Å². The standard InChI is InChI=1S/C9H11NO3/c10-7(9(12)13)8(11)6-4-2-1-3-5-6/h1-5,7-8,11H,10H2,(H,12,13)/p-1/t7-,8?/m1/s1. The number of carbonyl (C=O) groups is 1. The van der Waals surface area contributed by atoms with Crippen LogP contribution in [0.15, 0.2) is 30.3 Å². The lowest BCUT2D eigenvalue weighted by molar-refractivity contribution is -0.309. The molecule has 0 aromatic heterocycles. The van der Waals surface area contributed by atoms with Crippen LogP contribution < -0.4 is 10.8 Å². The summed E-state index contributed by atoms with van der Waals surface area (Å²) in [6.07, 6.45) is -1.22. The first-order valence-electron chi connectivity index (χ1n) is 3.82. The number of carbonyl (C=O) groups excluding carboxylic acids is 1. The van der Waals surface area contributed by atoms with E-state index < -0.39 is 18.1 Å². The third-order valence-corrected chi connectivity index (χ3v) is 1.75. The van der Waals surface area contributed by atoms with Crippen molar-refractivity contribution in [3.8, 4) is 0 Å². The lowest BCUT2D eigenvalue weighted by atomic mass is 10.0. The number of nitrogens with two attached hydrogens (primary N) is 1. The molecule has 0 fully saturated rings. The predicted molar refractivity (Wildman–Crippen MR) is 44.4 cm³/mol. The maximum Gasteiger partial charge on any atom is 0.0994 e. The van der Waals surface area contributed by atoms with E-state index in [9.17, 15) is 15.0 Å². The van der Waals surface area contributed by atoms with Gasteiger partial charge in [0, 0.05) is 0 Å². The van der Waals surface area contributed by atoms with Crippen LogP contribution >= 0.6 is 0 Å². The first-order valence-corrected chi connectivity index (χ1v) is 3.82. The van der Waals surface area contributed by atoms with Crippen LogP contribution in [0, 0.1) is 0 Å². The summed E-state index contributed by atoms with van der Waals surface area (Å²) in [5.41, 5.74) is 5.65. The van der Waals surface area contributed by atoms with E-state index in [0.29, 0.717) is 5.56 Å². The first-order chi connectivity index (χ1) is 6.13. The Kier molecular flexibility index (Phi) is 3.00. The molecule has 2 atom stereocenters. The number of aliphatic carboxylic acids is 1. The van der Waals surface area contributed by atoms with Crippen LogP contribution in [0.2, 0.25) is 0 Å². The Morgan fingerprint density at radius 2 is 1.92 bits per heavy atom. The lowest BCUT2D eigenvalue weighted by Gasteiger charge is -2.19. The molecule has 0 heterocycles. The zero-order valence-electron chi connectivity index (χ0n) is 6.88. The Labute approximate surface area is 75.6 Å². The highest BCUT2D eigenvalue weighted by Gasteiger charge is 2.16. The van der Waals surface area contributed by atoms with Crippen LogP contribution in [-0.2, 0) is 4.79 Å². The average molecular weight is 180 g/mol. The van der Waals surface area contributed by atoms with Crippen molar-refractivity contribution in [2.45, 2.75) is 12.1 Å². The summed E-state index contributed by atoms with van der Waals surface area (Å²) < 4.78 is 0. The molecular formula is C9H10NO3-. The van der Waals surface area contributed by atoms with E-state index in [2.05, 4.69) is 0 Å². The molecule has 0 bridgehead atoms. The number of hydrogen-bond acceptors (Lipinski definition) is 4. The van der Waals surface area contributed by atoms with Gasteiger partial charge in [-0.15, -0.1) is 0 Å². The third kappa shape index (κ3) is 2.27. The van der Waals surface area contributed by atoms with Crippen molar-refractivity contribution in [3.63, 3.8) is 0 Å². The molecule has 0 spiro atoms. The van der Waals surface area contributed by atoms with Gasteiger partial charge in [0.1, 0.15) is 0 Å². The Balaban J connectivity index is 2.79. The van der Waals surface area contributed by atoms with E-state index in [1.54, 1.807) is 30.3 Å². The minimum atomic E-state index is -1.46. The van der Waals surface area contributed by atoms with Crippen molar-refractivity contribution in [2.75, 3.05) is 0 Å². The molecule has 0 radical (unpaired) electrons.